The number of hydroxylamine groups is 1. The van der Waals surface area contributed by atoms with Crippen molar-refractivity contribution in [1.82, 2.24) is 24.9 Å². The number of nitrogens with one attached hydrogen (secondary N) is 3. The fourth-order valence-corrected chi connectivity index (χ4v) is 6.14. The molecule has 1 unspecified atom stereocenters. The number of para-hydroxylation sites is 2. The van der Waals surface area contributed by atoms with E-state index in [4.69, 9.17) is 21.1 Å². The van der Waals surface area contributed by atoms with Crippen molar-refractivity contribution >= 4 is 46.1 Å². The second kappa shape index (κ2) is 12.4. The molecular formula is C29H38ClN9O3. The number of ether oxygens (including phenoxy) is 2. The smallest absolute Gasteiger partial charge is 0.229 e. The van der Waals surface area contributed by atoms with Crippen LogP contribution in [0.2, 0.25) is 5.02 Å². The first kappa shape index (κ1) is 28.6. The molecule has 224 valence electrons. The highest BCUT2D eigenvalue weighted by Crippen LogP contribution is 2.43. The first-order chi connectivity index (χ1) is 20.4. The molecule has 13 heteroatoms. The van der Waals surface area contributed by atoms with Gasteiger partial charge in [-0.05, 0) is 45.1 Å². The van der Waals surface area contributed by atoms with Crippen LogP contribution in [0.25, 0.3) is 0 Å². The highest BCUT2D eigenvalue weighted by atomic mass is 35.5. The largest absolute Gasteiger partial charge is 0.494 e. The number of aromatic nitrogens is 2. The molecule has 4 N–H and O–H groups in total. The maximum Gasteiger partial charge on any atom is 0.229 e. The molecule has 4 heterocycles. The van der Waals surface area contributed by atoms with Crippen LogP contribution < -0.4 is 30.4 Å². The van der Waals surface area contributed by atoms with Gasteiger partial charge in [-0.15, -0.1) is 5.17 Å². The van der Waals surface area contributed by atoms with Crippen LogP contribution >= 0.6 is 11.6 Å². The second-order valence-electron chi connectivity index (χ2n) is 11.0. The molecule has 3 aromatic rings. The summed E-state index contributed by atoms with van der Waals surface area (Å²) >= 11 is 6.44. The maximum atomic E-state index is 9.63. The van der Waals surface area contributed by atoms with Crippen LogP contribution in [0, 0.1) is 0 Å². The molecule has 2 saturated heterocycles. The Balaban J connectivity index is 1.19. The molecule has 1 aromatic heterocycles. The standard InChI is InChI=1S/C29H38ClN9O3/c1-36-10-8-19(9-11-36)38-12-13-39-20(17-38)18-42-27-14-24(26(41-3)15-25(27)39)33-29-31-16-21(30)28(34-29)32-22-6-4-5-7-23(22)35-37(2)40/h4-7,14-16,19-20,35,40H,8-13,17-18H2,1-3H3,(H2,31,32,33,34). The summed E-state index contributed by atoms with van der Waals surface area (Å²) in [5.74, 6) is 2.22. The lowest BCUT2D eigenvalue weighted by Gasteiger charge is -2.49. The number of anilines is 6. The lowest BCUT2D eigenvalue weighted by atomic mass is 10.00. The summed E-state index contributed by atoms with van der Waals surface area (Å²) in [6, 6.07) is 12.4. The minimum Gasteiger partial charge on any atom is -0.494 e. The molecule has 2 fully saturated rings. The lowest BCUT2D eigenvalue weighted by molar-refractivity contribution is -0.0384. The third kappa shape index (κ3) is 6.13. The van der Waals surface area contributed by atoms with Gasteiger partial charge in [0.15, 0.2) is 5.82 Å². The van der Waals surface area contributed by atoms with Crippen molar-refractivity contribution in [3.8, 4) is 11.5 Å². The lowest BCUT2D eigenvalue weighted by Crippen LogP contribution is -2.60. The van der Waals surface area contributed by atoms with Gasteiger partial charge in [0.05, 0.1) is 42.1 Å². The van der Waals surface area contributed by atoms with Gasteiger partial charge >= 0.3 is 0 Å². The summed E-state index contributed by atoms with van der Waals surface area (Å²) in [4.78, 5) is 16.5. The summed E-state index contributed by atoms with van der Waals surface area (Å²) in [6.45, 7) is 6.00. The molecular weight excluding hydrogens is 558 g/mol. The van der Waals surface area contributed by atoms with Gasteiger partial charge in [-0.2, -0.15) is 4.98 Å². The van der Waals surface area contributed by atoms with Gasteiger partial charge in [0.25, 0.3) is 0 Å². The quantitative estimate of drug-likeness (QED) is 0.279. The number of benzene rings is 2. The Bertz CT molecular complexity index is 1400. The fraction of sp³-hybridized carbons (Fsp3) is 0.448. The normalized spacial score (nSPS) is 19.6. The van der Waals surface area contributed by atoms with Crippen molar-refractivity contribution < 1.29 is 14.7 Å². The third-order valence-electron chi connectivity index (χ3n) is 8.19. The van der Waals surface area contributed by atoms with E-state index in [0.29, 0.717) is 58.3 Å². The van der Waals surface area contributed by atoms with E-state index in [-0.39, 0.29) is 0 Å². The van der Waals surface area contributed by atoms with E-state index < -0.39 is 0 Å². The minimum atomic E-state index is 0.311. The molecule has 3 aliphatic rings. The van der Waals surface area contributed by atoms with Crippen LogP contribution in [-0.2, 0) is 0 Å². The van der Waals surface area contributed by atoms with Crippen LogP contribution in [0.15, 0.2) is 42.6 Å². The number of hydrogen-bond donors (Lipinski definition) is 4. The molecule has 0 aliphatic carbocycles. The maximum absolute atomic E-state index is 9.63. The van der Waals surface area contributed by atoms with E-state index >= 15 is 0 Å². The van der Waals surface area contributed by atoms with E-state index in [9.17, 15) is 5.21 Å². The SMILES string of the molecule is COc1cc2c(cc1Nc1ncc(Cl)c(Nc3ccccc3NN(C)O)n1)OCC1CN(C3CCN(C)CC3)CCN21. The Morgan fingerprint density at radius 1 is 1.05 bits per heavy atom. The van der Waals surface area contributed by atoms with Gasteiger partial charge in [-0.25, -0.2) is 4.98 Å². The zero-order valence-corrected chi connectivity index (χ0v) is 24.9. The van der Waals surface area contributed by atoms with Gasteiger partial charge < -0.3 is 29.9 Å². The number of halogens is 1. The number of piperazine rings is 1. The monoisotopic (exact) mass is 595 g/mol. The van der Waals surface area contributed by atoms with Crippen molar-refractivity contribution in [1.29, 1.82) is 0 Å². The number of rotatable bonds is 8. The van der Waals surface area contributed by atoms with E-state index in [2.05, 4.69) is 47.8 Å². The summed E-state index contributed by atoms with van der Waals surface area (Å²) in [5, 5.41) is 17.4. The van der Waals surface area contributed by atoms with Gasteiger partial charge in [-0.3, -0.25) is 15.5 Å². The van der Waals surface area contributed by atoms with Crippen molar-refractivity contribution in [3.63, 3.8) is 0 Å². The number of fused-ring (bicyclic) bond motifs is 3. The van der Waals surface area contributed by atoms with Crippen LogP contribution in [-0.4, -0.2) is 103 Å². The van der Waals surface area contributed by atoms with Crippen LogP contribution in [0.3, 0.4) is 0 Å². The van der Waals surface area contributed by atoms with Gasteiger partial charge in [0, 0.05) is 44.9 Å². The highest BCUT2D eigenvalue weighted by Gasteiger charge is 2.36. The molecule has 2 aromatic carbocycles. The van der Waals surface area contributed by atoms with Crippen molar-refractivity contribution in [2.75, 3.05) is 81.5 Å². The molecule has 0 bridgehead atoms. The Morgan fingerprint density at radius 2 is 1.83 bits per heavy atom. The van der Waals surface area contributed by atoms with E-state index in [1.807, 2.05) is 36.4 Å². The molecule has 0 radical (unpaired) electrons. The van der Waals surface area contributed by atoms with E-state index in [0.717, 1.165) is 36.2 Å². The Morgan fingerprint density at radius 3 is 2.60 bits per heavy atom. The highest BCUT2D eigenvalue weighted by molar-refractivity contribution is 6.33. The number of nitrogens with zero attached hydrogens (tertiary/aromatic N) is 6. The van der Waals surface area contributed by atoms with Gasteiger partial charge in [-0.1, -0.05) is 23.7 Å². The third-order valence-corrected chi connectivity index (χ3v) is 8.47. The molecule has 0 amide bonds. The topological polar surface area (TPSA) is 114 Å². The summed E-state index contributed by atoms with van der Waals surface area (Å²) in [7, 11) is 5.36. The summed E-state index contributed by atoms with van der Waals surface area (Å²) < 4.78 is 12.1. The zero-order valence-electron chi connectivity index (χ0n) is 24.2. The Labute approximate surface area is 251 Å². The average molecular weight is 596 g/mol. The number of piperidine rings is 1. The molecule has 0 saturated carbocycles. The first-order valence-corrected chi connectivity index (χ1v) is 14.6. The number of likely N-dealkylation sites (tertiary alicyclic amines) is 1. The van der Waals surface area contributed by atoms with E-state index in [1.165, 1.54) is 39.2 Å². The zero-order chi connectivity index (χ0) is 29.2. The average Bonchev–Trinajstić information content (AvgIpc) is 2.99. The molecule has 0 spiro atoms. The van der Waals surface area contributed by atoms with Crippen molar-refractivity contribution in [2.45, 2.75) is 24.9 Å². The molecule has 6 rings (SSSR count). The number of hydrazine groups is 1. The molecule has 1 atom stereocenters. The Hall–Kier alpha value is -3.55. The van der Waals surface area contributed by atoms with Gasteiger partial charge in [0.1, 0.15) is 23.1 Å². The number of hydrogen-bond acceptors (Lipinski definition) is 12. The minimum absolute atomic E-state index is 0.311. The second-order valence-corrected chi connectivity index (χ2v) is 11.4. The van der Waals surface area contributed by atoms with E-state index in [1.54, 1.807) is 7.11 Å². The predicted octanol–water partition coefficient (Wildman–Crippen LogP) is 4.25. The Kier molecular flexibility index (Phi) is 8.41. The molecule has 3 aliphatic heterocycles. The predicted molar refractivity (Wildman–Crippen MR) is 165 cm³/mol. The first-order valence-electron chi connectivity index (χ1n) is 14.3. The summed E-state index contributed by atoms with van der Waals surface area (Å²) in [6.07, 6.45) is 4.00. The molecule has 12 nitrogen and oxygen atoms in total. The van der Waals surface area contributed by atoms with Gasteiger partial charge in [0.2, 0.25) is 5.95 Å². The van der Waals surface area contributed by atoms with Crippen molar-refractivity contribution in [3.05, 3.63) is 47.6 Å². The van der Waals surface area contributed by atoms with Crippen LogP contribution in [0.1, 0.15) is 12.8 Å². The van der Waals surface area contributed by atoms with Crippen LogP contribution in [0.4, 0.5) is 34.5 Å². The van der Waals surface area contributed by atoms with Crippen LogP contribution in [0.5, 0.6) is 11.5 Å². The fourth-order valence-electron chi connectivity index (χ4n) is 6.00. The number of methoxy groups -OCH3 is 1. The summed E-state index contributed by atoms with van der Waals surface area (Å²) in [5.41, 5.74) is 5.90. The van der Waals surface area contributed by atoms with Crippen molar-refractivity contribution in [2.24, 2.45) is 0 Å². The molecule has 42 heavy (non-hydrogen) atoms.